The van der Waals surface area contributed by atoms with Gasteiger partial charge in [0.2, 0.25) is 0 Å². The Morgan fingerprint density at radius 3 is 2.55 bits per heavy atom. The summed E-state index contributed by atoms with van der Waals surface area (Å²) in [4.78, 5) is 5.64. The largest absolute Gasteiger partial charge is 0.310 e. The highest BCUT2D eigenvalue weighted by Crippen LogP contribution is 2.37. The van der Waals surface area contributed by atoms with Gasteiger partial charge in [-0.3, -0.25) is 4.90 Å². The van der Waals surface area contributed by atoms with Crippen LogP contribution >= 0.6 is 11.3 Å². The molecule has 0 atom stereocenters. The summed E-state index contributed by atoms with van der Waals surface area (Å²) < 4.78 is 0. The Bertz CT molecular complexity index is 407. The van der Waals surface area contributed by atoms with E-state index in [-0.39, 0.29) is 0 Å². The molecule has 0 amide bonds. The molecule has 0 radical (unpaired) electrons. The van der Waals surface area contributed by atoms with Gasteiger partial charge in [-0.1, -0.05) is 27.7 Å². The minimum atomic E-state index is 0.564. The van der Waals surface area contributed by atoms with E-state index in [1.165, 1.54) is 42.1 Å². The normalized spacial score (nSPS) is 19.1. The minimum absolute atomic E-state index is 0.564. The highest BCUT2D eigenvalue weighted by Gasteiger charge is 2.34. The van der Waals surface area contributed by atoms with Gasteiger partial charge in [0.15, 0.2) is 0 Å². The van der Waals surface area contributed by atoms with E-state index in [9.17, 15) is 0 Å². The van der Waals surface area contributed by atoms with Crippen LogP contribution in [-0.4, -0.2) is 24.0 Å². The van der Waals surface area contributed by atoms with Crippen LogP contribution in [0, 0.1) is 5.41 Å². The van der Waals surface area contributed by atoms with Gasteiger partial charge in [0, 0.05) is 35.4 Å². The number of thiophene rings is 1. The third-order valence-electron chi connectivity index (χ3n) is 4.80. The molecule has 3 heteroatoms. The van der Waals surface area contributed by atoms with E-state index in [1.54, 1.807) is 0 Å². The Morgan fingerprint density at radius 2 is 1.95 bits per heavy atom. The molecule has 0 saturated carbocycles. The lowest BCUT2D eigenvalue weighted by Gasteiger charge is -2.26. The maximum Gasteiger partial charge on any atom is 0.0328 e. The van der Waals surface area contributed by atoms with E-state index in [1.807, 2.05) is 11.3 Å². The summed E-state index contributed by atoms with van der Waals surface area (Å²) in [5.74, 6) is 0. The first-order valence-electron chi connectivity index (χ1n) is 8.10. The smallest absolute Gasteiger partial charge is 0.0328 e. The van der Waals surface area contributed by atoms with Crippen molar-refractivity contribution >= 4 is 11.3 Å². The molecule has 0 aromatic carbocycles. The fourth-order valence-corrected chi connectivity index (χ4v) is 4.13. The standard InChI is InChI=1S/C17H30N2S/c1-5-17(6-2)9-10-19(13-17)12-16-8-7-15(20-16)11-18-14(3)4/h7-8,14,18H,5-6,9-13H2,1-4H3. The number of likely N-dealkylation sites (tertiary alicyclic amines) is 1. The zero-order chi connectivity index (χ0) is 14.6. The summed E-state index contributed by atoms with van der Waals surface area (Å²) in [5, 5.41) is 3.50. The quantitative estimate of drug-likeness (QED) is 0.808. The third kappa shape index (κ3) is 4.06. The molecule has 1 saturated heterocycles. The summed E-state index contributed by atoms with van der Waals surface area (Å²) in [7, 11) is 0. The van der Waals surface area contributed by atoms with Gasteiger partial charge in [-0.15, -0.1) is 11.3 Å². The van der Waals surface area contributed by atoms with Crippen LogP contribution in [0.2, 0.25) is 0 Å². The first kappa shape index (κ1) is 16.0. The van der Waals surface area contributed by atoms with E-state index >= 15 is 0 Å². The molecule has 2 rings (SSSR count). The molecule has 1 fully saturated rings. The van der Waals surface area contributed by atoms with Gasteiger partial charge in [0.25, 0.3) is 0 Å². The lowest BCUT2D eigenvalue weighted by atomic mass is 9.82. The van der Waals surface area contributed by atoms with Crippen LogP contribution < -0.4 is 5.32 Å². The van der Waals surface area contributed by atoms with Crippen molar-refractivity contribution < 1.29 is 0 Å². The Hall–Kier alpha value is -0.380. The Labute approximate surface area is 128 Å². The second-order valence-electron chi connectivity index (χ2n) is 6.57. The lowest BCUT2D eigenvalue weighted by Crippen LogP contribution is -2.25. The average molecular weight is 295 g/mol. The van der Waals surface area contributed by atoms with E-state index in [2.05, 4.69) is 50.0 Å². The Balaban J connectivity index is 1.85. The van der Waals surface area contributed by atoms with E-state index in [0.717, 1.165) is 13.1 Å². The van der Waals surface area contributed by atoms with Gasteiger partial charge < -0.3 is 5.32 Å². The van der Waals surface area contributed by atoms with E-state index in [4.69, 9.17) is 0 Å². The monoisotopic (exact) mass is 294 g/mol. The Kier molecular flexibility index (Phi) is 5.65. The maximum atomic E-state index is 3.50. The van der Waals surface area contributed by atoms with Crippen molar-refractivity contribution in [3.63, 3.8) is 0 Å². The second kappa shape index (κ2) is 7.06. The van der Waals surface area contributed by atoms with Crippen LogP contribution in [0.15, 0.2) is 12.1 Å². The predicted molar refractivity (Wildman–Crippen MR) is 89.2 cm³/mol. The van der Waals surface area contributed by atoms with Crippen LogP contribution in [0.25, 0.3) is 0 Å². The molecule has 1 aromatic rings. The highest BCUT2D eigenvalue weighted by molar-refractivity contribution is 7.11. The predicted octanol–water partition coefficient (Wildman–Crippen LogP) is 4.26. The molecule has 1 aliphatic rings. The molecule has 0 unspecified atom stereocenters. The van der Waals surface area contributed by atoms with Crippen molar-refractivity contribution in [3.8, 4) is 0 Å². The topological polar surface area (TPSA) is 15.3 Å². The first-order valence-corrected chi connectivity index (χ1v) is 8.92. The minimum Gasteiger partial charge on any atom is -0.310 e. The third-order valence-corrected chi connectivity index (χ3v) is 5.87. The molecule has 0 bridgehead atoms. The molecule has 1 N–H and O–H groups in total. The summed E-state index contributed by atoms with van der Waals surface area (Å²) in [5.41, 5.74) is 0.597. The van der Waals surface area contributed by atoms with E-state index < -0.39 is 0 Å². The molecule has 114 valence electrons. The number of hydrogen-bond acceptors (Lipinski definition) is 3. The fourth-order valence-electron chi connectivity index (χ4n) is 3.12. The summed E-state index contributed by atoms with van der Waals surface area (Å²) in [6, 6.07) is 5.17. The SMILES string of the molecule is CCC1(CC)CCN(Cc2ccc(CNC(C)C)s2)C1. The molecule has 20 heavy (non-hydrogen) atoms. The van der Waals surface area contributed by atoms with Gasteiger partial charge in [0.05, 0.1) is 0 Å². The van der Waals surface area contributed by atoms with Gasteiger partial charge in [-0.25, -0.2) is 0 Å². The van der Waals surface area contributed by atoms with Crippen LogP contribution in [0.4, 0.5) is 0 Å². The van der Waals surface area contributed by atoms with Crippen LogP contribution in [-0.2, 0) is 13.1 Å². The molecule has 0 aliphatic carbocycles. The zero-order valence-electron chi connectivity index (χ0n) is 13.5. The number of nitrogens with one attached hydrogen (secondary N) is 1. The van der Waals surface area contributed by atoms with Crippen molar-refractivity contribution in [2.45, 2.75) is 66.1 Å². The van der Waals surface area contributed by atoms with Gasteiger partial charge in [-0.2, -0.15) is 0 Å². The fraction of sp³-hybridized carbons (Fsp3) is 0.765. The van der Waals surface area contributed by atoms with Gasteiger partial charge in [0.1, 0.15) is 0 Å². The van der Waals surface area contributed by atoms with Gasteiger partial charge >= 0.3 is 0 Å². The highest BCUT2D eigenvalue weighted by atomic mass is 32.1. The molecule has 1 aromatic heterocycles. The first-order chi connectivity index (χ1) is 9.57. The molecular weight excluding hydrogens is 264 g/mol. The van der Waals surface area contributed by atoms with Crippen molar-refractivity contribution in [3.05, 3.63) is 21.9 Å². The summed E-state index contributed by atoms with van der Waals surface area (Å²) >= 11 is 1.97. The second-order valence-corrected chi connectivity index (χ2v) is 7.82. The number of rotatable bonds is 7. The van der Waals surface area contributed by atoms with Crippen molar-refractivity contribution in [2.75, 3.05) is 13.1 Å². The molecular formula is C17H30N2S. The van der Waals surface area contributed by atoms with Crippen LogP contribution in [0.1, 0.15) is 56.7 Å². The van der Waals surface area contributed by atoms with Crippen molar-refractivity contribution in [1.82, 2.24) is 10.2 Å². The molecule has 1 aliphatic heterocycles. The summed E-state index contributed by atoms with van der Waals surface area (Å²) in [6.07, 6.45) is 4.04. The molecule has 2 nitrogen and oxygen atoms in total. The van der Waals surface area contributed by atoms with Crippen LogP contribution in [0.5, 0.6) is 0 Å². The van der Waals surface area contributed by atoms with Gasteiger partial charge in [-0.05, 0) is 43.4 Å². The Morgan fingerprint density at radius 1 is 1.25 bits per heavy atom. The lowest BCUT2D eigenvalue weighted by molar-refractivity contribution is 0.237. The van der Waals surface area contributed by atoms with E-state index in [0.29, 0.717) is 11.5 Å². The van der Waals surface area contributed by atoms with Crippen LogP contribution in [0.3, 0.4) is 0 Å². The number of hydrogen-bond donors (Lipinski definition) is 1. The zero-order valence-corrected chi connectivity index (χ0v) is 14.4. The number of nitrogens with zero attached hydrogens (tertiary/aromatic N) is 1. The molecule has 2 heterocycles. The maximum absolute atomic E-state index is 3.50. The summed E-state index contributed by atoms with van der Waals surface area (Å²) in [6.45, 7) is 13.8. The van der Waals surface area contributed by atoms with Crippen molar-refractivity contribution in [2.24, 2.45) is 5.41 Å². The average Bonchev–Trinajstić information content (AvgIpc) is 3.04. The van der Waals surface area contributed by atoms with Crippen molar-refractivity contribution in [1.29, 1.82) is 0 Å². The molecule has 0 spiro atoms.